The fraction of sp³-hybridized carbons (Fsp3) is 0.290. The van der Waals surface area contributed by atoms with E-state index < -0.39 is 17.5 Å². The van der Waals surface area contributed by atoms with Crippen LogP contribution in [0.1, 0.15) is 35.6 Å². The Kier molecular flexibility index (Phi) is 7.62. The third-order valence-electron chi connectivity index (χ3n) is 7.86. The van der Waals surface area contributed by atoms with Crippen LogP contribution in [0.2, 0.25) is 0 Å². The second kappa shape index (κ2) is 11.8. The third kappa shape index (κ3) is 5.70. The van der Waals surface area contributed by atoms with Crippen molar-refractivity contribution in [2.75, 3.05) is 36.4 Å². The van der Waals surface area contributed by atoms with Crippen molar-refractivity contribution in [3.05, 3.63) is 93.8 Å². The van der Waals surface area contributed by atoms with E-state index in [0.717, 1.165) is 48.7 Å². The van der Waals surface area contributed by atoms with E-state index in [-0.39, 0.29) is 18.7 Å². The molecule has 2 aliphatic heterocycles. The van der Waals surface area contributed by atoms with Gasteiger partial charge in [0.15, 0.2) is 0 Å². The van der Waals surface area contributed by atoms with Crippen LogP contribution < -0.4 is 21.1 Å². The maximum atomic E-state index is 13.4. The van der Waals surface area contributed by atoms with Gasteiger partial charge < -0.3 is 10.2 Å². The SMILES string of the molecule is N#Cc1ccc(N2CCN(Cc3ccc(CNc4cccc5nnn(C6CCC(=O)NC6=O)c(=O)c45)cc3)CC2)cc1. The minimum Gasteiger partial charge on any atom is -0.380 e. The number of nitriles is 1. The number of nitrogens with one attached hydrogen (secondary N) is 2. The molecule has 0 spiro atoms. The van der Waals surface area contributed by atoms with Crippen LogP contribution in [-0.4, -0.2) is 57.9 Å². The van der Waals surface area contributed by atoms with Crippen LogP contribution in [0.25, 0.3) is 10.9 Å². The number of nitrogens with zero attached hydrogens (tertiary/aromatic N) is 6. The molecule has 2 fully saturated rings. The molecule has 0 aliphatic carbocycles. The van der Waals surface area contributed by atoms with Gasteiger partial charge in [-0.1, -0.05) is 35.5 Å². The molecular weight excluding hydrogens is 532 g/mol. The summed E-state index contributed by atoms with van der Waals surface area (Å²) < 4.78 is 1.08. The molecule has 11 nitrogen and oxygen atoms in total. The molecule has 1 atom stereocenters. The third-order valence-corrected chi connectivity index (χ3v) is 7.86. The highest BCUT2D eigenvalue weighted by Gasteiger charge is 2.30. The van der Waals surface area contributed by atoms with Crippen molar-refractivity contribution >= 4 is 34.1 Å². The molecule has 42 heavy (non-hydrogen) atoms. The largest absolute Gasteiger partial charge is 0.380 e. The van der Waals surface area contributed by atoms with E-state index in [1.165, 1.54) is 5.56 Å². The zero-order valence-corrected chi connectivity index (χ0v) is 23.0. The number of carbonyl (C=O) groups is 2. The van der Waals surface area contributed by atoms with Crippen molar-refractivity contribution < 1.29 is 9.59 Å². The molecule has 2 saturated heterocycles. The lowest BCUT2D eigenvalue weighted by Crippen LogP contribution is -2.45. The molecule has 0 saturated carbocycles. The fourth-order valence-corrected chi connectivity index (χ4v) is 5.50. The minimum absolute atomic E-state index is 0.146. The van der Waals surface area contributed by atoms with Crippen molar-refractivity contribution in [3.8, 4) is 6.07 Å². The molecule has 0 bridgehead atoms. The predicted octanol–water partition coefficient (Wildman–Crippen LogP) is 2.58. The molecule has 1 unspecified atom stereocenters. The summed E-state index contributed by atoms with van der Waals surface area (Å²) in [4.78, 5) is 42.1. The Hall–Kier alpha value is -5.08. The first kappa shape index (κ1) is 27.1. The topological polar surface area (TPSA) is 136 Å². The summed E-state index contributed by atoms with van der Waals surface area (Å²) in [6.07, 6.45) is 0.354. The van der Waals surface area contributed by atoms with Gasteiger partial charge in [0, 0.05) is 57.1 Å². The lowest BCUT2D eigenvalue weighted by Gasteiger charge is -2.36. The highest BCUT2D eigenvalue weighted by Crippen LogP contribution is 2.22. The van der Waals surface area contributed by atoms with Gasteiger partial charge in [0.05, 0.1) is 17.0 Å². The number of rotatable bonds is 7. The van der Waals surface area contributed by atoms with Gasteiger partial charge in [-0.05, 0) is 53.9 Å². The van der Waals surface area contributed by atoms with Gasteiger partial charge in [0.1, 0.15) is 11.6 Å². The van der Waals surface area contributed by atoms with Crippen LogP contribution in [0.5, 0.6) is 0 Å². The Bertz CT molecular complexity index is 1720. The summed E-state index contributed by atoms with van der Waals surface area (Å²) in [5.74, 6) is -0.894. The zero-order valence-electron chi connectivity index (χ0n) is 23.0. The molecule has 3 heterocycles. The monoisotopic (exact) mass is 562 g/mol. The van der Waals surface area contributed by atoms with Crippen molar-refractivity contribution in [1.29, 1.82) is 5.26 Å². The number of piperazine rings is 1. The smallest absolute Gasteiger partial charge is 0.280 e. The number of fused-ring (bicyclic) bond motifs is 1. The molecular formula is C31H30N8O3. The average Bonchev–Trinajstić information content (AvgIpc) is 3.02. The Morgan fingerprint density at radius 3 is 2.38 bits per heavy atom. The van der Waals surface area contributed by atoms with Crippen molar-refractivity contribution in [2.45, 2.75) is 32.0 Å². The summed E-state index contributed by atoms with van der Waals surface area (Å²) in [7, 11) is 0. The Morgan fingerprint density at radius 1 is 0.929 bits per heavy atom. The summed E-state index contributed by atoms with van der Waals surface area (Å²) >= 11 is 0. The Labute approximate surface area is 242 Å². The zero-order chi connectivity index (χ0) is 29.1. The van der Waals surface area contributed by atoms with Crippen LogP contribution in [0, 0.1) is 11.3 Å². The van der Waals surface area contributed by atoms with E-state index in [2.05, 4.69) is 61.1 Å². The molecule has 3 aromatic carbocycles. The van der Waals surface area contributed by atoms with Crippen LogP contribution in [0.3, 0.4) is 0 Å². The van der Waals surface area contributed by atoms with Crippen LogP contribution in [0.15, 0.2) is 71.5 Å². The number of amides is 2. The Morgan fingerprint density at radius 2 is 1.67 bits per heavy atom. The molecule has 0 radical (unpaired) electrons. The van der Waals surface area contributed by atoms with Gasteiger partial charge >= 0.3 is 0 Å². The van der Waals surface area contributed by atoms with Gasteiger partial charge in [0.2, 0.25) is 5.91 Å². The van der Waals surface area contributed by atoms with Gasteiger partial charge in [0.25, 0.3) is 11.5 Å². The van der Waals surface area contributed by atoms with Crippen LogP contribution >= 0.6 is 0 Å². The summed E-state index contributed by atoms with van der Waals surface area (Å²) in [6.45, 7) is 5.18. The number of imide groups is 1. The normalized spacial score (nSPS) is 17.6. The number of piperidine rings is 1. The number of carbonyl (C=O) groups excluding carboxylic acids is 2. The number of hydrogen-bond donors (Lipinski definition) is 2. The van der Waals surface area contributed by atoms with E-state index in [0.29, 0.717) is 28.7 Å². The molecule has 2 N–H and O–H groups in total. The summed E-state index contributed by atoms with van der Waals surface area (Å²) in [5, 5.41) is 23.2. The van der Waals surface area contributed by atoms with Crippen molar-refractivity contribution in [3.63, 3.8) is 0 Å². The second-order valence-electron chi connectivity index (χ2n) is 10.6. The predicted molar refractivity (Wildman–Crippen MR) is 158 cm³/mol. The lowest BCUT2D eigenvalue weighted by molar-refractivity contribution is -0.136. The maximum absolute atomic E-state index is 13.4. The van der Waals surface area contributed by atoms with Crippen molar-refractivity contribution in [2.24, 2.45) is 0 Å². The number of hydrogen-bond acceptors (Lipinski definition) is 9. The highest BCUT2D eigenvalue weighted by atomic mass is 16.2. The molecule has 2 amide bonds. The summed E-state index contributed by atoms with van der Waals surface area (Å²) in [6, 6.07) is 22.8. The molecule has 212 valence electrons. The lowest BCUT2D eigenvalue weighted by atomic mass is 10.1. The van der Waals surface area contributed by atoms with E-state index in [1.807, 2.05) is 30.3 Å². The van der Waals surface area contributed by atoms with E-state index in [1.54, 1.807) is 12.1 Å². The first-order chi connectivity index (χ1) is 20.5. The van der Waals surface area contributed by atoms with E-state index in [9.17, 15) is 14.4 Å². The quantitative estimate of drug-likeness (QED) is 0.326. The maximum Gasteiger partial charge on any atom is 0.280 e. The highest BCUT2D eigenvalue weighted by molar-refractivity contribution is 5.99. The number of benzene rings is 3. The average molecular weight is 563 g/mol. The van der Waals surface area contributed by atoms with Crippen LogP contribution in [-0.2, 0) is 22.7 Å². The molecule has 11 heteroatoms. The second-order valence-corrected chi connectivity index (χ2v) is 10.6. The first-order valence-electron chi connectivity index (χ1n) is 14.0. The van der Waals surface area contributed by atoms with Crippen molar-refractivity contribution in [1.82, 2.24) is 25.2 Å². The van der Waals surface area contributed by atoms with Gasteiger partial charge in [-0.3, -0.25) is 24.6 Å². The van der Waals surface area contributed by atoms with Crippen LogP contribution in [0.4, 0.5) is 11.4 Å². The fourth-order valence-electron chi connectivity index (χ4n) is 5.50. The standard InChI is InChI=1S/C31H30N8O3/c32-18-21-8-10-24(11-9-21)38-16-14-37(15-17-38)20-23-6-4-22(5-7-23)19-33-25-2-1-3-26-29(25)31(42)39(36-35-26)27-12-13-28(40)34-30(27)41/h1-11,27,33H,12-17,19-20H2,(H,34,40,41). The summed E-state index contributed by atoms with van der Waals surface area (Å²) in [5.41, 5.74) is 4.74. The molecule has 2 aliphatic rings. The van der Waals surface area contributed by atoms with E-state index in [4.69, 9.17) is 5.26 Å². The van der Waals surface area contributed by atoms with Gasteiger partial charge in [-0.2, -0.15) is 9.94 Å². The first-order valence-corrected chi connectivity index (χ1v) is 14.0. The van der Waals surface area contributed by atoms with Gasteiger partial charge in [-0.25, -0.2) is 0 Å². The van der Waals surface area contributed by atoms with Gasteiger partial charge in [-0.15, -0.1) is 5.10 Å². The van der Waals surface area contributed by atoms with E-state index >= 15 is 0 Å². The number of anilines is 2. The molecule has 6 rings (SSSR count). The number of aromatic nitrogens is 3. The Balaban J connectivity index is 1.08. The molecule has 1 aromatic heterocycles. The molecule has 4 aromatic rings. The minimum atomic E-state index is -0.869.